The van der Waals surface area contributed by atoms with E-state index in [-0.39, 0.29) is 5.91 Å². The molecular weight excluding hydrogens is 328 g/mol. The van der Waals surface area contributed by atoms with Crippen LogP contribution in [0.25, 0.3) is 0 Å². The van der Waals surface area contributed by atoms with Gasteiger partial charge in [-0.1, -0.05) is 36.4 Å². The largest absolute Gasteiger partial charge is 0.493 e. The summed E-state index contributed by atoms with van der Waals surface area (Å²) in [6.45, 7) is 3.07. The minimum atomic E-state index is -0.0963. The maximum absolute atomic E-state index is 12.9. The standard InChI is InChI=1S/C21H24N2O3/c1-3-16-10-7-11-23(16)21(24)17-12-19(25-2)20(13-18(17)22)26-14-15-8-5-4-6-9-15/h3-6,8-9,12-13H,7,10-11,14,22H2,1-2H3/b16-3+. The molecule has 2 aromatic carbocycles. The summed E-state index contributed by atoms with van der Waals surface area (Å²) in [5.41, 5.74) is 9.08. The van der Waals surface area contributed by atoms with Gasteiger partial charge in [-0.2, -0.15) is 0 Å². The topological polar surface area (TPSA) is 64.8 Å². The molecule has 0 aromatic heterocycles. The van der Waals surface area contributed by atoms with Crippen LogP contribution < -0.4 is 15.2 Å². The Hall–Kier alpha value is -2.95. The average Bonchev–Trinajstić information content (AvgIpc) is 3.15. The molecule has 5 heteroatoms. The van der Waals surface area contributed by atoms with Gasteiger partial charge in [-0.3, -0.25) is 4.79 Å². The second-order valence-electron chi connectivity index (χ2n) is 6.20. The van der Waals surface area contributed by atoms with Gasteiger partial charge in [0, 0.05) is 24.0 Å². The van der Waals surface area contributed by atoms with Gasteiger partial charge in [0.15, 0.2) is 11.5 Å². The van der Waals surface area contributed by atoms with Crippen molar-refractivity contribution in [3.05, 3.63) is 65.4 Å². The molecular formula is C21H24N2O3. The molecule has 0 spiro atoms. The van der Waals surface area contributed by atoms with E-state index in [1.54, 1.807) is 24.1 Å². The zero-order chi connectivity index (χ0) is 18.5. The van der Waals surface area contributed by atoms with Crippen molar-refractivity contribution in [2.45, 2.75) is 26.4 Å². The average molecular weight is 352 g/mol. The molecule has 3 rings (SSSR count). The third kappa shape index (κ3) is 3.67. The SMILES string of the molecule is C/C=C1\CCCN1C(=O)c1cc(OC)c(OCc2ccccc2)cc1N. The second-order valence-corrected chi connectivity index (χ2v) is 6.20. The van der Waals surface area contributed by atoms with Crippen molar-refractivity contribution in [2.75, 3.05) is 19.4 Å². The van der Waals surface area contributed by atoms with E-state index in [0.717, 1.165) is 24.1 Å². The van der Waals surface area contributed by atoms with Gasteiger partial charge in [-0.05, 0) is 31.4 Å². The Labute approximate surface area is 154 Å². The number of benzene rings is 2. The maximum atomic E-state index is 12.9. The van der Waals surface area contributed by atoms with Gasteiger partial charge in [0.2, 0.25) is 0 Å². The summed E-state index contributed by atoms with van der Waals surface area (Å²) < 4.78 is 11.3. The predicted octanol–water partition coefficient (Wildman–Crippen LogP) is 4.00. The number of anilines is 1. The van der Waals surface area contributed by atoms with Crippen molar-refractivity contribution in [1.82, 2.24) is 4.90 Å². The summed E-state index contributed by atoms with van der Waals surface area (Å²) in [7, 11) is 1.56. The molecule has 1 heterocycles. The van der Waals surface area contributed by atoms with E-state index >= 15 is 0 Å². The highest BCUT2D eigenvalue weighted by Crippen LogP contribution is 2.34. The van der Waals surface area contributed by atoms with Crippen molar-refractivity contribution in [2.24, 2.45) is 0 Å². The summed E-state index contributed by atoms with van der Waals surface area (Å²) in [4.78, 5) is 14.7. The van der Waals surface area contributed by atoms with E-state index in [1.807, 2.05) is 43.3 Å². The van der Waals surface area contributed by atoms with Gasteiger partial charge < -0.3 is 20.1 Å². The molecule has 5 nitrogen and oxygen atoms in total. The fraction of sp³-hybridized carbons (Fsp3) is 0.286. The van der Waals surface area contributed by atoms with Crippen LogP contribution in [0.2, 0.25) is 0 Å². The molecule has 1 aliphatic heterocycles. The number of amides is 1. The van der Waals surface area contributed by atoms with Gasteiger partial charge in [-0.15, -0.1) is 0 Å². The van der Waals surface area contributed by atoms with E-state index in [9.17, 15) is 4.79 Å². The number of methoxy groups -OCH3 is 1. The Morgan fingerprint density at radius 3 is 2.69 bits per heavy atom. The first-order valence-corrected chi connectivity index (χ1v) is 8.75. The Balaban J connectivity index is 1.84. The lowest BCUT2D eigenvalue weighted by Gasteiger charge is -2.20. The van der Waals surface area contributed by atoms with Crippen LogP contribution >= 0.6 is 0 Å². The smallest absolute Gasteiger partial charge is 0.260 e. The molecule has 1 aliphatic rings. The normalized spacial score (nSPS) is 15.3. The third-order valence-corrected chi connectivity index (χ3v) is 4.54. The Kier molecular flexibility index (Phi) is 5.46. The minimum Gasteiger partial charge on any atom is -0.493 e. The third-order valence-electron chi connectivity index (χ3n) is 4.54. The number of allylic oxidation sites excluding steroid dienone is 2. The van der Waals surface area contributed by atoms with Crippen LogP contribution in [0, 0.1) is 0 Å². The lowest BCUT2D eigenvalue weighted by molar-refractivity contribution is 0.0825. The van der Waals surface area contributed by atoms with E-state index in [1.165, 1.54) is 0 Å². The number of carbonyl (C=O) groups is 1. The Morgan fingerprint density at radius 2 is 2.00 bits per heavy atom. The lowest BCUT2D eigenvalue weighted by atomic mass is 10.1. The summed E-state index contributed by atoms with van der Waals surface area (Å²) in [6.07, 6.45) is 3.87. The summed E-state index contributed by atoms with van der Waals surface area (Å²) >= 11 is 0. The number of hydrogen-bond acceptors (Lipinski definition) is 4. The van der Waals surface area contributed by atoms with E-state index < -0.39 is 0 Å². The van der Waals surface area contributed by atoms with Gasteiger partial charge in [0.05, 0.1) is 12.7 Å². The summed E-state index contributed by atoms with van der Waals surface area (Å²) in [5, 5.41) is 0. The van der Waals surface area contributed by atoms with Crippen LogP contribution in [0.15, 0.2) is 54.2 Å². The van der Waals surface area contributed by atoms with Crippen molar-refractivity contribution >= 4 is 11.6 Å². The molecule has 0 bridgehead atoms. The molecule has 0 unspecified atom stereocenters. The summed E-state index contributed by atoms with van der Waals surface area (Å²) in [5.74, 6) is 0.929. The zero-order valence-electron chi connectivity index (χ0n) is 15.2. The molecule has 2 N–H and O–H groups in total. The van der Waals surface area contributed by atoms with Crippen LogP contribution in [0.1, 0.15) is 35.7 Å². The molecule has 26 heavy (non-hydrogen) atoms. The Morgan fingerprint density at radius 1 is 1.23 bits per heavy atom. The van der Waals surface area contributed by atoms with E-state index in [0.29, 0.717) is 35.9 Å². The zero-order valence-corrected chi connectivity index (χ0v) is 15.2. The van der Waals surface area contributed by atoms with Gasteiger partial charge in [-0.25, -0.2) is 0 Å². The first kappa shape index (κ1) is 17.9. The summed E-state index contributed by atoms with van der Waals surface area (Å²) in [6, 6.07) is 13.2. The molecule has 1 saturated heterocycles. The first-order valence-electron chi connectivity index (χ1n) is 8.75. The number of nitrogen functional groups attached to an aromatic ring is 1. The minimum absolute atomic E-state index is 0.0963. The van der Waals surface area contributed by atoms with Crippen molar-refractivity contribution < 1.29 is 14.3 Å². The number of nitrogens with zero attached hydrogens (tertiary/aromatic N) is 1. The van der Waals surface area contributed by atoms with E-state index in [2.05, 4.69) is 0 Å². The van der Waals surface area contributed by atoms with Crippen LogP contribution in [-0.4, -0.2) is 24.5 Å². The second kappa shape index (κ2) is 7.95. The number of rotatable bonds is 5. The fourth-order valence-corrected chi connectivity index (χ4v) is 3.14. The quantitative estimate of drug-likeness (QED) is 0.826. The predicted molar refractivity (Wildman–Crippen MR) is 102 cm³/mol. The number of ether oxygens (including phenoxy) is 2. The van der Waals surface area contributed by atoms with Crippen LogP contribution in [0.5, 0.6) is 11.5 Å². The number of nitrogens with two attached hydrogens (primary N) is 1. The molecule has 1 fully saturated rings. The monoisotopic (exact) mass is 352 g/mol. The van der Waals surface area contributed by atoms with Crippen LogP contribution in [-0.2, 0) is 6.61 Å². The number of carbonyl (C=O) groups excluding carboxylic acids is 1. The lowest BCUT2D eigenvalue weighted by Crippen LogP contribution is -2.27. The fourth-order valence-electron chi connectivity index (χ4n) is 3.14. The molecule has 0 aliphatic carbocycles. The highest BCUT2D eigenvalue weighted by molar-refractivity contribution is 6.01. The van der Waals surface area contributed by atoms with Gasteiger partial charge in [0.1, 0.15) is 6.61 Å². The van der Waals surface area contributed by atoms with Crippen molar-refractivity contribution in [3.63, 3.8) is 0 Å². The van der Waals surface area contributed by atoms with E-state index in [4.69, 9.17) is 15.2 Å². The maximum Gasteiger partial charge on any atom is 0.260 e. The molecule has 0 radical (unpaired) electrons. The Bertz CT molecular complexity index is 816. The molecule has 0 atom stereocenters. The molecule has 136 valence electrons. The molecule has 1 amide bonds. The highest BCUT2D eigenvalue weighted by atomic mass is 16.5. The van der Waals surface area contributed by atoms with Crippen LogP contribution in [0.3, 0.4) is 0 Å². The number of likely N-dealkylation sites (tertiary alicyclic amines) is 1. The number of hydrogen-bond donors (Lipinski definition) is 1. The molecule has 2 aromatic rings. The highest BCUT2D eigenvalue weighted by Gasteiger charge is 2.26. The van der Waals surface area contributed by atoms with Gasteiger partial charge in [0.25, 0.3) is 5.91 Å². The van der Waals surface area contributed by atoms with Gasteiger partial charge >= 0.3 is 0 Å². The van der Waals surface area contributed by atoms with Crippen LogP contribution in [0.4, 0.5) is 5.69 Å². The van der Waals surface area contributed by atoms with Crippen molar-refractivity contribution in [1.29, 1.82) is 0 Å². The van der Waals surface area contributed by atoms with Crippen molar-refractivity contribution in [3.8, 4) is 11.5 Å². The first-order chi connectivity index (χ1) is 12.6. The molecule has 0 saturated carbocycles.